The molecular formula is C12H18FNO4S3. The highest BCUT2D eigenvalue weighted by molar-refractivity contribution is 8.00. The third kappa shape index (κ3) is 4.94. The van der Waals surface area contributed by atoms with Crippen molar-refractivity contribution in [1.29, 1.82) is 0 Å². The van der Waals surface area contributed by atoms with Crippen LogP contribution in [0, 0.1) is 5.82 Å². The van der Waals surface area contributed by atoms with Crippen LogP contribution >= 0.6 is 11.8 Å². The average molecular weight is 355 g/mol. The van der Waals surface area contributed by atoms with Crippen LogP contribution in [-0.4, -0.2) is 40.6 Å². The van der Waals surface area contributed by atoms with Crippen molar-refractivity contribution < 1.29 is 21.2 Å². The molecule has 120 valence electrons. The maximum absolute atomic E-state index is 13.7. The molecule has 0 fully saturated rings. The van der Waals surface area contributed by atoms with Crippen LogP contribution in [0.25, 0.3) is 0 Å². The first-order valence-corrected chi connectivity index (χ1v) is 10.5. The fourth-order valence-electron chi connectivity index (χ4n) is 1.34. The number of hydrogen-bond donors (Lipinski definition) is 1. The van der Waals surface area contributed by atoms with E-state index in [1.54, 1.807) is 0 Å². The van der Waals surface area contributed by atoms with Gasteiger partial charge in [0.1, 0.15) is 10.7 Å². The van der Waals surface area contributed by atoms with Crippen LogP contribution in [0.4, 0.5) is 4.39 Å². The highest BCUT2D eigenvalue weighted by Crippen LogP contribution is 2.23. The number of halogens is 1. The highest BCUT2D eigenvalue weighted by atomic mass is 32.2. The van der Waals surface area contributed by atoms with Gasteiger partial charge in [-0.05, 0) is 38.3 Å². The molecule has 0 atom stereocenters. The van der Waals surface area contributed by atoms with Gasteiger partial charge >= 0.3 is 0 Å². The normalized spacial score (nSPS) is 13.4. The predicted octanol–water partition coefficient (Wildman–Crippen LogP) is 1.65. The molecule has 0 aliphatic heterocycles. The van der Waals surface area contributed by atoms with Gasteiger partial charge in [-0.25, -0.2) is 25.9 Å². The summed E-state index contributed by atoms with van der Waals surface area (Å²) in [6.07, 6.45) is 2.76. The summed E-state index contributed by atoms with van der Waals surface area (Å²) in [5.74, 6) is -0.989. The molecule has 0 saturated heterocycles. The Labute approximate surface area is 129 Å². The summed E-state index contributed by atoms with van der Waals surface area (Å²) in [6, 6.07) is 2.71. The maximum atomic E-state index is 13.7. The number of sulfonamides is 1. The van der Waals surface area contributed by atoms with Crippen LogP contribution in [0.5, 0.6) is 0 Å². The highest BCUT2D eigenvalue weighted by Gasteiger charge is 2.25. The van der Waals surface area contributed by atoms with E-state index in [1.807, 2.05) is 20.1 Å². The van der Waals surface area contributed by atoms with Crippen molar-refractivity contribution in [3.63, 3.8) is 0 Å². The van der Waals surface area contributed by atoms with E-state index >= 15 is 0 Å². The number of thioether (sulfide) groups is 1. The van der Waals surface area contributed by atoms with Crippen LogP contribution in [0.3, 0.4) is 0 Å². The van der Waals surface area contributed by atoms with Crippen LogP contribution in [-0.2, 0) is 19.9 Å². The van der Waals surface area contributed by atoms with E-state index in [0.29, 0.717) is 0 Å². The first kappa shape index (κ1) is 18.4. The molecule has 0 unspecified atom stereocenters. The first-order chi connectivity index (χ1) is 9.39. The van der Waals surface area contributed by atoms with E-state index in [9.17, 15) is 21.2 Å². The molecule has 0 amide bonds. The second-order valence-electron chi connectivity index (χ2n) is 5.15. The van der Waals surface area contributed by atoms with E-state index in [4.69, 9.17) is 0 Å². The van der Waals surface area contributed by atoms with Gasteiger partial charge in [-0.3, -0.25) is 0 Å². The Morgan fingerprint density at radius 2 is 1.81 bits per heavy atom. The van der Waals surface area contributed by atoms with Crippen molar-refractivity contribution in [2.24, 2.45) is 0 Å². The molecule has 0 aromatic heterocycles. The number of sulfone groups is 1. The van der Waals surface area contributed by atoms with Crippen LogP contribution in [0.2, 0.25) is 0 Å². The van der Waals surface area contributed by atoms with Gasteiger partial charge in [-0.2, -0.15) is 11.8 Å². The molecule has 1 aromatic rings. The predicted molar refractivity (Wildman–Crippen MR) is 82.3 cm³/mol. The number of benzene rings is 1. The summed E-state index contributed by atoms with van der Waals surface area (Å²) in [4.78, 5) is -0.907. The van der Waals surface area contributed by atoms with Crippen molar-refractivity contribution in [3.05, 3.63) is 24.0 Å². The van der Waals surface area contributed by atoms with Gasteiger partial charge in [0.05, 0.1) is 4.90 Å². The van der Waals surface area contributed by atoms with Gasteiger partial charge in [0.2, 0.25) is 10.0 Å². The molecule has 0 spiro atoms. The maximum Gasteiger partial charge on any atom is 0.243 e. The molecule has 5 nitrogen and oxygen atoms in total. The van der Waals surface area contributed by atoms with Crippen LogP contribution in [0.1, 0.15) is 13.8 Å². The SMILES string of the molecule is CSC(C)(C)CNS(=O)(=O)c1cc(S(C)(=O)=O)ccc1F. The number of hydrogen-bond acceptors (Lipinski definition) is 5. The molecule has 0 aliphatic carbocycles. The molecule has 1 aromatic carbocycles. The molecule has 0 aliphatic rings. The van der Waals surface area contributed by atoms with Gasteiger partial charge in [0.25, 0.3) is 0 Å². The van der Waals surface area contributed by atoms with E-state index < -0.39 is 30.6 Å². The van der Waals surface area contributed by atoms with Crippen LogP contribution < -0.4 is 4.72 Å². The second kappa shape index (κ2) is 6.23. The Hall–Kier alpha value is -0.640. The minimum Gasteiger partial charge on any atom is -0.224 e. The lowest BCUT2D eigenvalue weighted by molar-refractivity contribution is 0.548. The first-order valence-electron chi connectivity index (χ1n) is 5.93. The molecule has 21 heavy (non-hydrogen) atoms. The van der Waals surface area contributed by atoms with Crippen LogP contribution in [0.15, 0.2) is 28.0 Å². The summed E-state index contributed by atoms with van der Waals surface area (Å²) in [6.45, 7) is 3.77. The van der Waals surface area contributed by atoms with Crippen molar-refractivity contribution in [2.75, 3.05) is 19.1 Å². The van der Waals surface area contributed by atoms with Crippen molar-refractivity contribution in [1.82, 2.24) is 4.72 Å². The van der Waals surface area contributed by atoms with Gasteiger partial charge < -0.3 is 0 Å². The molecule has 0 bridgehead atoms. The van der Waals surface area contributed by atoms with E-state index in [2.05, 4.69) is 4.72 Å². The third-order valence-electron chi connectivity index (χ3n) is 2.86. The molecular weight excluding hydrogens is 337 g/mol. The lowest BCUT2D eigenvalue weighted by atomic mass is 10.2. The van der Waals surface area contributed by atoms with Crippen molar-refractivity contribution in [3.8, 4) is 0 Å². The van der Waals surface area contributed by atoms with E-state index in [0.717, 1.165) is 24.5 Å². The molecule has 9 heteroatoms. The zero-order valence-corrected chi connectivity index (χ0v) is 14.6. The van der Waals surface area contributed by atoms with E-state index in [-0.39, 0.29) is 16.2 Å². The average Bonchev–Trinajstić information content (AvgIpc) is 2.35. The lowest BCUT2D eigenvalue weighted by Gasteiger charge is -2.22. The second-order valence-corrected chi connectivity index (χ2v) is 10.4. The Morgan fingerprint density at radius 1 is 1.24 bits per heavy atom. The molecule has 0 heterocycles. The Bertz CT molecular complexity index is 727. The summed E-state index contributed by atoms with van der Waals surface area (Å²) < 4.78 is 62.8. The fourth-order valence-corrected chi connectivity index (χ4v) is 3.68. The zero-order valence-electron chi connectivity index (χ0n) is 12.2. The Morgan fingerprint density at radius 3 is 2.29 bits per heavy atom. The smallest absolute Gasteiger partial charge is 0.224 e. The summed E-state index contributed by atoms with van der Waals surface area (Å²) >= 11 is 1.46. The quantitative estimate of drug-likeness (QED) is 0.785. The monoisotopic (exact) mass is 355 g/mol. The minimum atomic E-state index is -4.12. The van der Waals surface area contributed by atoms with Crippen molar-refractivity contribution >= 4 is 31.6 Å². The summed E-state index contributed by atoms with van der Waals surface area (Å²) in [5.41, 5.74) is 0. The number of rotatable bonds is 6. The van der Waals surface area contributed by atoms with Gasteiger partial charge in [0.15, 0.2) is 9.84 Å². The van der Waals surface area contributed by atoms with Crippen molar-refractivity contribution in [2.45, 2.75) is 28.4 Å². The van der Waals surface area contributed by atoms with Gasteiger partial charge in [0, 0.05) is 17.5 Å². The minimum absolute atomic E-state index is 0.0963. The molecule has 1 N–H and O–H groups in total. The largest absolute Gasteiger partial charge is 0.243 e. The molecule has 1 rings (SSSR count). The topological polar surface area (TPSA) is 80.3 Å². The van der Waals surface area contributed by atoms with Gasteiger partial charge in [-0.1, -0.05) is 0 Å². The number of nitrogens with one attached hydrogen (secondary N) is 1. The lowest BCUT2D eigenvalue weighted by Crippen LogP contribution is -2.36. The summed E-state index contributed by atoms with van der Waals surface area (Å²) in [7, 11) is -7.73. The summed E-state index contributed by atoms with van der Waals surface area (Å²) in [5, 5.41) is 0. The van der Waals surface area contributed by atoms with E-state index in [1.165, 1.54) is 11.8 Å². The molecule has 0 saturated carbocycles. The zero-order chi connectivity index (χ0) is 16.5. The third-order valence-corrected chi connectivity index (χ3v) is 6.64. The fraction of sp³-hybridized carbons (Fsp3) is 0.500. The molecule has 0 radical (unpaired) electrons. The standard InChI is InChI=1S/C12H18FNO4S3/c1-12(2,19-3)8-14-21(17,18)11-7-9(20(4,15)16)5-6-10(11)13/h5-7,14H,8H2,1-4H3. The van der Waals surface area contributed by atoms with Gasteiger partial charge in [-0.15, -0.1) is 0 Å². The Balaban J connectivity index is 3.20. The Kier molecular flexibility index (Phi) is 5.46.